The second-order valence-electron chi connectivity index (χ2n) is 3.27. The van der Waals surface area contributed by atoms with Gasteiger partial charge in [0, 0.05) is 17.0 Å². The van der Waals surface area contributed by atoms with E-state index in [0.29, 0.717) is 11.3 Å². The molecule has 18 heavy (non-hydrogen) atoms. The topological polar surface area (TPSA) is 43.4 Å². The van der Waals surface area contributed by atoms with Crippen molar-refractivity contribution < 1.29 is 14.3 Å². The van der Waals surface area contributed by atoms with Crippen LogP contribution in [0.3, 0.4) is 0 Å². The first-order valence-corrected chi connectivity index (χ1v) is 6.82. The Kier molecular flexibility index (Phi) is 5.96. The Morgan fingerprint density at radius 3 is 2.72 bits per heavy atom. The van der Waals surface area contributed by atoms with Gasteiger partial charge in [-0.1, -0.05) is 23.6 Å². The molecular formula is C13H11BrO3S. The molecule has 0 aromatic heterocycles. The first-order chi connectivity index (χ1) is 8.54. The van der Waals surface area contributed by atoms with E-state index in [1.165, 1.54) is 25.8 Å². The molecule has 0 aliphatic rings. The lowest BCUT2D eigenvalue weighted by Gasteiger charge is -2.01. The second-order valence-corrected chi connectivity index (χ2v) is 5.27. The van der Waals surface area contributed by atoms with Crippen LogP contribution in [-0.4, -0.2) is 23.9 Å². The number of carbonyl (C=O) groups is 2. The van der Waals surface area contributed by atoms with E-state index in [2.05, 4.69) is 32.5 Å². The van der Waals surface area contributed by atoms with Gasteiger partial charge in [0.05, 0.1) is 18.4 Å². The Labute approximate surface area is 118 Å². The zero-order valence-electron chi connectivity index (χ0n) is 9.95. The predicted molar refractivity (Wildman–Crippen MR) is 75.5 cm³/mol. The van der Waals surface area contributed by atoms with Crippen molar-refractivity contribution >= 4 is 38.8 Å². The number of ether oxygens (including phenoxy) is 1. The summed E-state index contributed by atoms with van der Waals surface area (Å²) in [6.07, 6.45) is 0. The molecule has 0 amide bonds. The van der Waals surface area contributed by atoms with Crippen LogP contribution in [0.25, 0.3) is 0 Å². The van der Waals surface area contributed by atoms with E-state index in [1.807, 2.05) is 0 Å². The first kappa shape index (κ1) is 14.8. The van der Waals surface area contributed by atoms with Crippen molar-refractivity contribution in [2.75, 3.05) is 12.9 Å². The summed E-state index contributed by atoms with van der Waals surface area (Å²) >= 11 is 4.51. The highest BCUT2D eigenvalue weighted by molar-refractivity contribution is 9.10. The van der Waals surface area contributed by atoms with Gasteiger partial charge in [0.1, 0.15) is 0 Å². The number of esters is 1. The largest absolute Gasteiger partial charge is 0.465 e. The molecule has 94 valence electrons. The smallest absolute Gasteiger partial charge is 0.337 e. The van der Waals surface area contributed by atoms with Gasteiger partial charge in [0.2, 0.25) is 0 Å². The number of carbonyl (C=O) groups excluding carboxylic acids is 2. The van der Waals surface area contributed by atoms with Gasteiger partial charge in [-0.2, -0.15) is 0 Å². The van der Waals surface area contributed by atoms with Crippen molar-refractivity contribution in [1.29, 1.82) is 0 Å². The van der Waals surface area contributed by atoms with E-state index in [-0.39, 0.29) is 11.1 Å². The van der Waals surface area contributed by atoms with Crippen molar-refractivity contribution in [1.82, 2.24) is 0 Å². The van der Waals surface area contributed by atoms with E-state index in [9.17, 15) is 9.59 Å². The fourth-order valence-electron chi connectivity index (χ4n) is 1.13. The van der Waals surface area contributed by atoms with E-state index >= 15 is 0 Å². The van der Waals surface area contributed by atoms with Crippen LogP contribution in [0.1, 0.15) is 22.8 Å². The minimum absolute atomic E-state index is 0.0457. The van der Waals surface area contributed by atoms with E-state index in [4.69, 9.17) is 0 Å². The summed E-state index contributed by atoms with van der Waals surface area (Å²) in [5, 5.41) is 0.0457. The summed E-state index contributed by atoms with van der Waals surface area (Å²) in [6.45, 7) is 1.51. The molecular weight excluding hydrogens is 316 g/mol. The van der Waals surface area contributed by atoms with Crippen LogP contribution < -0.4 is 0 Å². The van der Waals surface area contributed by atoms with Gasteiger partial charge < -0.3 is 4.74 Å². The Bertz CT molecular complexity index is 529. The van der Waals surface area contributed by atoms with Crippen LogP contribution in [0.15, 0.2) is 22.7 Å². The molecule has 0 heterocycles. The molecule has 1 aromatic rings. The zero-order valence-corrected chi connectivity index (χ0v) is 12.4. The molecule has 0 spiro atoms. The summed E-state index contributed by atoms with van der Waals surface area (Å²) in [5.41, 5.74) is 1.24. The quantitative estimate of drug-likeness (QED) is 0.619. The Morgan fingerprint density at radius 2 is 2.17 bits per heavy atom. The SMILES string of the molecule is COC(=O)c1ccc(C#CCSC(C)=O)c(Br)c1. The van der Waals surface area contributed by atoms with Gasteiger partial charge in [0.15, 0.2) is 5.12 Å². The van der Waals surface area contributed by atoms with E-state index < -0.39 is 0 Å². The Hall–Kier alpha value is -1.25. The minimum atomic E-state index is -0.387. The Morgan fingerprint density at radius 1 is 1.44 bits per heavy atom. The summed E-state index contributed by atoms with van der Waals surface area (Å²) in [6, 6.07) is 5.05. The summed E-state index contributed by atoms with van der Waals surface area (Å²) in [7, 11) is 1.34. The fraction of sp³-hybridized carbons (Fsp3) is 0.231. The summed E-state index contributed by atoms with van der Waals surface area (Å²) in [5.74, 6) is 5.89. The van der Waals surface area contributed by atoms with Crippen molar-refractivity contribution in [2.24, 2.45) is 0 Å². The van der Waals surface area contributed by atoms with E-state index in [1.54, 1.807) is 18.2 Å². The van der Waals surface area contributed by atoms with Crippen molar-refractivity contribution in [3.8, 4) is 11.8 Å². The van der Waals surface area contributed by atoms with Gasteiger partial charge in [-0.05, 0) is 34.1 Å². The highest BCUT2D eigenvalue weighted by atomic mass is 79.9. The van der Waals surface area contributed by atoms with Crippen LogP contribution in [0.2, 0.25) is 0 Å². The van der Waals surface area contributed by atoms with E-state index in [0.717, 1.165) is 10.0 Å². The lowest BCUT2D eigenvalue weighted by Crippen LogP contribution is -2.01. The minimum Gasteiger partial charge on any atom is -0.465 e. The van der Waals surface area contributed by atoms with Crippen molar-refractivity contribution in [2.45, 2.75) is 6.92 Å². The monoisotopic (exact) mass is 326 g/mol. The third kappa shape index (κ3) is 4.55. The van der Waals surface area contributed by atoms with Crippen LogP contribution in [0.4, 0.5) is 0 Å². The first-order valence-electron chi connectivity index (χ1n) is 5.04. The van der Waals surface area contributed by atoms with Crippen molar-refractivity contribution in [3.63, 3.8) is 0 Å². The Balaban J connectivity index is 2.79. The highest BCUT2D eigenvalue weighted by Gasteiger charge is 2.06. The summed E-state index contributed by atoms with van der Waals surface area (Å²) in [4.78, 5) is 22.0. The molecule has 0 atom stereocenters. The molecule has 0 saturated heterocycles. The third-order valence-corrected chi connectivity index (χ3v) is 3.31. The van der Waals surface area contributed by atoms with Crippen LogP contribution in [-0.2, 0) is 9.53 Å². The summed E-state index contributed by atoms with van der Waals surface area (Å²) < 4.78 is 5.35. The zero-order chi connectivity index (χ0) is 13.5. The maximum Gasteiger partial charge on any atom is 0.337 e. The average Bonchev–Trinajstić information content (AvgIpc) is 2.34. The number of thioether (sulfide) groups is 1. The number of methoxy groups -OCH3 is 1. The van der Waals surface area contributed by atoms with Crippen LogP contribution in [0.5, 0.6) is 0 Å². The molecule has 1 rings (SSSR count). The molecule has 5 heteroatoms. The van der Waals surface area contributed by atoms with Gasteiger partial charge in [0.25, 0.3) is 0 Å². The lowest BCUT2D eigenvalue weighted by molar-refractivity contribution is -0.109. The van der Waals surface area contributed by atoms with Gasteiger partial charge in [-0.25, -0.2) is 4.79 Å². The van der Waals surface area contributed by atoms with Gasteiger partial charge in [-0.15, -0.1) is 0 Å². The standard InChI is InChI=1S/C13H11BrO3S/c1-9(15)18-7-3-4-10-5-6-11(8-12(10)14)13(16)17-2/h5-6,8H,7H2,1-2H3. The number of benzene rings is 1. The molecule has 0 unspecified atom stereocenters. The molecule has 1 aromatic carbocycles. The second kappa shape index (κ2) is 7.24. The van der Waals surface area contributed by atoms with Crippen molar-refractivity contribution in [3.05, 3.63) is 33.8 Å². The number of halogens is 1. The average molecular weight is 327 g/mol. The molecule has 0 bridgehead atoms. The molecule has 0 radical (unpaired) electrons. The lowest BCUT2D eigenvalue weighted by atomic mass is 10.1. The highest BCUT2D eigenvalue weighted by Crippen LogP contribution is 2.18. The molecule has 0 aliphatic carbocycles. The molecule has 0 saturated carbocycles. The third-order valence-electron chi connectivity index (χ3n) is 1.96. The maximum absolute atomic E-state index is 11.3. The van der Waals surface area contributed by atoms with Gasteiger partial charge in [-0.3, -0.25) is 4.79 Å². The normalized spacial score (nSPS) is 9.28. The maximum atomic E-state index is 11.3. The number of hydrogen-bond donors (Lipinski definition) is 0. The van der Waals surface area contributed by atoms with Crippen LogP contribution >= 0.6 is 27.7 Å². The predicted octanol–water partition coefficient (Wildman–Crippen LogP) is 2.87. The molecule has 0 fully saturated rings. The van der Waals surface area contributed by atoms with Crippen LogP contribution in [0, 0.1) is 11.8 Å². The fourth-order valence-corrected chi connectivity index (χ4v) is 1.96. The molecule has 0 aliphatic heterocycles. The number of hydrogen-bond acceptors (Lipinski definition) is 4. The number of rotatable bonds is 2. The molecule has 3 nitrogen and oxygen atoms in total. The molecule has 0 N–H and O–H groups in total. The van der Waals surface area contributed by atoms with Gasteiger partial charge >= 0.3 is 5.97 Å².